The van der Waals surface area contributed by atoms with E-state index in [1.807, 2.05) is 47.8 Å². The molecular formula is C44H38Cl2N4S4+2. The minimum atomic E-state index is 0.748. The number of thioether (sulfide) groups is 2. The number of pyridine rings is 2. The normalized spacial score (nSPS) is 11.4. The Labute approximate surface area is 343 Å². The molecule has 0 saturated heterocycles. The van der Waals surface area contributed by atoms with Crippen molar-refractivity contribution in [1.29, 1.82) is 0 Å². The Balaban J connectivity index is 0.831. The SMILES string of the molecule is CN(c1ccc(Cl)cc1)c1cc[n+](Cc2ccc(SCCSc3ccc(C[n+]4ccc(N(C)c5ccc(Cl)cc5)c5ccsc54)cc3)cc2)c2sccc12. The first-order chi connectivity index (χ1) is 26.4. The summed E-state index contributed by atoms with van der Waals surface area (Å²) in [5.41, 5.74) is 7.19. The fraction of sp³-hybridized carbons (Fsp3) is 0.136. The van der Waals surface area contributed by atoms with E-state index >= 15 is 0 Å². The highest BCUT2D eigenvalue weighted by molar-refractivity contribution is 8.03. The van der Waals surface area contributed by atoms with Crippen molar-refractivity contribution in [3.8, 4) is 0 Å². The summed E-state index contributed by atoms with van der Waals surface area (Å²) >= 11 is 19.7. The van der Waals surface area contributed by atoms with Crippen molar-refractivity contribution in [2.24, 2.45) is 0 Å². The molecule has 0 aliphatic carbocycles. The number of rotatable bonds is 13. The Morgan fingerprint density at radius 3 is 1.28 bits per heavy atom. The van der Waals surface area contributed by atoms with Crippen molar-refractivity contribution in [2.75, 3.05) is 35.4 Å². The van der Waals surface area contributed by atoms with Crippen LogP contribution in [0.15, 0.2) is 154 Å². The van der Waals surface area contributed by atoms with Gasteiger partial charge < -0.3 is 9.80 Å². The van der Waals surface area contributed by atoms with Crippen LogP contribution < -0.4 is 18.9 Å². The number of halogens is 2. The van der Waals surface area contributed by atoms with Crippen LogP contribution in [0.2, 0.25) is 10.0 Å². The highest BCUT2D eigenvalue weighted by Crippen LogP contribution is 2.34. The molecule has 4 aromatic heterocycles. The van der Waals surface area contributed by atoms with Crippen molar-refractivity contribution in [1.82, 2.24) is 0 Å². The fourth-order valence-corrected chi connectivity index (χ4v) is 10.4. The molecule has 0 bridgehead atoms. The maximum atomic E-state index is 6.13. The minimum absolute atomic E-state index is 0.748. The van der Waals surface area contributed by atoms with Crippen LogP contribution in [0.25, 0.3) is 20.4 Å². The summed E-state index contributed by atoms with van der Waals surface area (Å²) in [4.78, 5) is 9.60. The lowest BCUT2D eigenvalue weighted by Crippen LogP contribution is -2.34. The van der Waals surface area contributed by atoms with E-state index in [4.69, 9.17) is 23.2 Å². The van der Waals surface area contributed by atoms with E-state index in [0.717, 1.165) is 46.0 Å². The molecule has 4 nitrogen and oxygen atoms in total. The second-order valence-electron chi connectivity index (χ2n) is 13.0. The van der Waals surface area contributed by atoms with E-state index in [2.05, 4.69) is 153 Å². The molecule has 0 fully saturated rings. The summed E-state index contributed by atoms with van der Waals surface area (Å²) < 4.78 is 4.70. The summed E-state index contributed by atoms with van der Waals surface area (Å²) in [6.45, 7) is 1.67. The number of anilines is 4. The van der Waals surface area contributed by atoms with Crippen LogP contribution in [0, 0.1) is 0 Å². The highest BCUT2D eigenvalue weighted by Gasteiger charge is 2.19. The van der Waals surface area contributed by atoms with Crippen LogP contribution in [0.5, 0.6) is 0 Å². The summed E-state index contributed by atoms with van der Waals surface area (Å²) in [7, 11) is 4.22. The Bertz CT molecular complexity index is 2320. The van der Waals surface area contributed by atoms with Crippen LogP contribution in [0.3, 0.4) is 0 Å². The van der Waals surface area contributed by atoms with Gasteiger partial charge in [-0.25, -0.2) is 0 Å². The highest BCUT2D eigenvalue weighted by atomic mass is 35.5. The first-order valence-corrected chi connectivity index (χ1v) is 22.1. The van der Waals surface area contributed by atoms with Crippen molar-refractivity contribution in [3.05, 3.63) is 166 Å². The topological polar surface area (TPSA) is 14.2 Å². The van der Waals surface area contributed by atoms with Gasteiger partial charge in [-0.15, -0.1) is 23.5 Å². The summed E-state index contributed by atoms with van der Waals surface area (Å²) in [5, 5.41) is 8.36. The number of benzene rings is 4. The average Bonchev–Trinajstić information content (AvgIpc) is 3.90. The van der Waals surface area contributed by atoms with Crippen LogP contribution in [0.1, 0.15) is 11.1 Å². The Hall–Kier alpha value is -4.02. The number of hydrogen-bond donors (Lipinski definition) is 0. The number of thiophene rings is 2. The van der Waals surface area contributed by atoms with E-state index < -0.39 is 0 Å². The molecule has 0 spiro atoms. The predicted molar refractivity (Wildman–Crippen MR) is 236 cm³/mol. The van der Waals surface area contributed by atoms with Gasteiger partial charge in [0.2, 0.25) is 0 Å². The standard InChI is InChI=1S/C44H38Cl2N4S4/c1-47(35-11-7-33(45)8-12-35)41-19-23-49(43-39(41)21-25-53-43)29-31-3-15-37(16-4-31)51-27-28-52-38-17-5-32(6-18-38)30-50-24-20-42(40-22-26-54-44(40)50)48(2)36-13-9-34(46)10-14-36/h3-26H,27-30H2,1-2H3/q+2. The van der Waals surface area contributed by atoms with Gasteiger partial charge in [0.15, 0.2) is 25.5 Å². The van der Waals surface area contributed by atoms with E-state index in [-0.39, 0.29) is 0 Å². The first-order valence-electron chi connectivity index (χ1n) is 17.6. The second kappa shape index (κ2) is 16.8. The summed E-state index contributed by atoms with van der Waals surface area (Å²) in [6.07, 6.45) is 4.41. The molecule has 0 amide bonds. The van der Waals surface area contributed by atoms with E-state index in [9.17, 15) is 0 Å². The van der Waals surface area contributed by atoms with Crippen molar-refractivity contribution >= 4 is 113 Å². The maximum Gasteiger partial charge on any atom is 0.271 e. The lowest BCUT2D eigenvalue weighted by atomic mass is 10.2. The van der Waals surface area contributed by atoms with E-state index in [0.29, 0.717) is 0 Å². The second-order valence-corrected chi connectivity index (χ2v) is 18.0. The Kier molecular flexibility index (Phi) is 11.5. The summed E-state index contributed by atoms with van der Waals surface area (Å²) in [5.74, 6) is 2.11. The zero-order valence-electron chi connectivity index (χ0n) is 29.9. The van der Waals surface area contributed by atoms with Gasteiger partial charge in [0.25, 0.3) is 9.66 Å². The molecule has 8 rings (SSSR count). The zero-order chi connectivity index (χ0) is 37.0. The van der Waals surface area contributed by atoms with Crippen LogP contribution >= 0.6 is 69.4 Å². The molecule has 0 saturated carbocycles. The largest absolute Gasteiger partial charge is 0.344 e. The third kappa shape index (κ3) is 8.30. The Morgan fingerprint density at radius 1 is 0.500 bits per heavy atom. The Morgan fingerprint density at radius 2 is 0.889 bits per heavy atom. The smallest absolute Gasteiger partial charge is 0.271 e. The van der Waals surface area contributed by atoms with E-state index in [1.165, 1.54) is 52.7 Å². The third-order valence-corrected chi connectivity index (χ3v) is 14.2. The monoisotopic (exact) mass is 820 g/mol. The molecular weight excluding hydrogens is 784 g/mol. The zero-order valence-corrected chi connectivity index (χ0v) is 34.6. The molecule has 10 heteroatoms. The lowest BCUT2D eigenvalue weighted by Gasteiger charge is -2.20. The quantitative estimate of drug-likeness (QED) is 0.0653. The molecule has 0 aliphatic heterocycles. The fourth-order valence-electron chi connectivity index (χ4n) is 6.61. The molecule has 54 heavy (non-hydrogen) atoms. The molecule has 0 aliphatic rings. The molecule has 0 N–H and O–H groups in total. The van der Waals surface area contributed by atoms with Gasteiger partial charge >= 0.3 is 0 Å². The van der Waals surface area contributed by atoms with Gasteiger partial charge in [0, 0.05) is 80.1 Å². The van der Waals surface area contributed by atoms with Gasteiger partial charge in [0.1, 0.15) is 0 Å². The minimum Gasteiger partial charge on any atom is -0.344 e. The van der Waals surface area contributed by atoms with Gasteiger partial charge in [-0.2, -0.15) is 9.13 Å². The van der Waals surface area contributed by atoms with Gasteiger partial charge in [0.05, 0.1) is 22.1 Å². The first kappa shape index (κ1) is 36.9. The number of aromatic nitrogens is 2. The van der Waals surface area contributed by atoms with Crippen molar-refractivity contribution < 1.29 is 9.13 Å². The van der Waals surface area contributed by atoms with Gasteiger partial charge in [-0.3, -0.25) is 0 Å². The van der Waals surface area contributed by atoms with Gasteiger partial charge in [-0.1, -0.05) is 70.1 Å². The van der Waals surface area contributed by atoms with Crippen LogP contribution in [-0.4, -0.2) is 25.6 Å². The molecule has 8 aromatic rings. The lowest BCUT2D eigenvalue weighted by molar-refractivity contribution is -0.660. The number of fused-ring (bicyclic) bond motifs is 2. The van der Waals surface area contributed by atoms with Crippen molar-refractivity contribution in [3.63, 3.8) is 0 Å². The van der Waals surface area contributed by atoms with Crippen LogP contribution in [-0.2, 0) is 13.1 Å². The van der Waals surface area contributed by atoms with Crippen LogP contribution in [0.4, 0.5) is 22.7 Å². The van der Waals surface area contributed by atoms with E-state index in [1.54, 1.807) is 22.7 Å². The molecule has 0 atom stereocenters. The maximum absolute atomic E-state index is 6.13. The summed E-state index contributed by atoms with van der Waals surface area (Å²) in [6, 6.07) is 43.0. The molecule has 270 valence electrons. The molecule has 0 unspecified atom stereocenters. The third-order valence-electron chi connectivity index (χ3n) is 9.51. The average molecular weight is 822 g/mol. The van der Waals surface area contributed by atoms with Crippen molar-refractivity contribution in [2.45, 2.75) is 22.9 Å². The predicted octanol–water partition coefficient (Wildman–Crippen LogP) is 12.5. The molecule has 4 aromatic carbocycles. The molecule has 4 heterocycles. The number of nitrogens with zero attached hydrogens (tertiary/aromatic N) is 4. The molecule has 0 radical (unpaired) electrons. The van der Waals surface area contributed by atoms with Gasteiger partial charge in [-0.05, 0) is 95.7 Å². The number of hydrogen-bond acceptors (Lipinski definition) is 6.